The Kier molecular flexibility index (Phi) is 6.24. The van der Waals surface area contributed by atoms with Gasteiger partial charge in [-0.3, -0.25) is 4.79 Å². The maximum Gasteiger partial charge on any atom is 0.243 e. The van der Waals surface area contributed by atoms with Crippen molar-refractivity contribution < 1.29 is 27.1 Å². The molecule has 2 aromatic rings. The number of ether oxygens (including phenoxy) is 2. The number of ketones is 1. The number of Topliss-reactive ketones (excluding diaryl/α,β-unsaturated/α-hetero) is 1. The molecule has 29 heavy (non-hydrogen) atoms. The quantitative estimate of drug-likeness (QED) is 0.668. The lowest BCUT2D eigenvalue weighted by Crippen LogP contribution is -2.42. The highest BCUT2D eigenvalue weighted by atomic mass is 32.2. The zero-order chi connectivity index (χ0) is 21.2. The summed E-state index contributed by atoms with van der Waals surface area (Å²) in [6.45, 7) is 1.99. The highest BCUT2D eigenvalue weighted by molar-refractivity contribution is 7.89. The number of nitrogens with zero attached hydrogens (tertiary/aromatic N) is 1. The summed E-state index contributed by atoms with van der Waals surface area (Å²) in [5, 5.41) is 0. The molecule has 0 amide bonds. The van der Waals surface area contributed by atoms with Crippen LogP contribution in [-0.2, 0) is 10.0 Å². The van der Waals surface area contributed by atoms with Crippen LogP contribution < -0.4 is 9.47 Å². The minimum Gasteiger partial charge on any atom is -0.493 e. The van der Waals surface area contributed by atoms with Gasteiger partial charge in [0.1, 0.15) is 5.82 Å². The van der Waals surface area contributed by atoms with Gasteiger partial charge in [0.25, 0.3) is 0 Å². The second-order valence-corrected chi connectivity index (χ2v) is 8.95. The van der Waals surface area contributed by atoms with Crippen molar-refractivity contribution in [3.05, 3.63) is 53.3 Å². The van der Waals surface area contributed by atoms with Gasteiger partial charge in [0.2, 0.25) is 10.0 Å². The molecule has 1 heterocycles. The molecule has 0 N–H and O–H groups in total. The van der Waals surface area contributed by atoms with Gasteiger partial charge >= 0.3 is 0 Å². The molecule has 2 aromatic carbocycles. The van der Waals surface area contributed by atoms with Crippen LogP contribution in [0.25, 0.3) is 0 Å². The molecule has 0 aromatic heterocycles. The molecule has 0 radical (unpaired) electrons. The molecule has 1 aliphatic rings. The van der Waals surface area contributed by atoms with Gasteiger partial charge in [-0.2, -0.15) is 4.31 Å². The molecule has 1 fully saturated rings. The van der Waals surface area contributed by atoms with E-state index in [0.717, 1.165) is 6.07 Å². The second-order valence-electron chi connectivity index (χ2n) is 7.05. The number of piperidine rings is 1. The van der Waals surface area contributed by atoms with Crippen LogP contribution in [-0.4, -0.2) is 45.8 Å². The van der Waals surface area contributed by atoms with Crippen LogP contribution in [0.1, 0.15) is 28.8 Å². The molecule has 0 unspecified atom stereocenters. The van der Waals surface area contributed by atoms with Gasteiger partial charge in [-0.25, -0.2) is 12.8 Å². The average Bonchev–Trinajstić information content (AvgIpc) is 2.74. The van der Waals surface area contributed by atoms with E-state index in [-0.39, 0.29) is 17.2 Å². The topological polar surface area (TPSA) is 72.9 Å². The number of hydrogen-bond donors (Lipinski definition) is 0. The number of carbonyl (C=O) groups excluding carboxylic acids is 1. The minimum absolute atomic E-state index is 0.0586. The van der Waals surface area contributed by atoms with Crippen molar-refractivity contribution in [1.82, 2.24) is 4.31 Å². The normalized spacial score (nSPS) is 17.7. The number of benzene rings is 2. The van der Waals surface area contributed by atoms with Crippen LogP contribution in [0, 0.1) is 18.7 Å². The van der Waals surface area contributed by atoms with Crippen molar-refractivity contribution in [1.29, 1.82) is 0 Å². The molecule has 3 rings (SSSR count). The lowest BCUT2D eigenvalue weighted by Gasteiger charge is -2.31. The Labute approximate surface area is 170 Å². The molecule has 0 spiro atoms. The van der Waals surface area contributed by atoms with E-state index < -0.39 is 21.8 Å². The summed E-state index contributed by atoms with van der Waals surface area (Å²) in [4.78, 5) is 13.0. The Morgan fingerprint density at radius 2 is 1.83 bits per heavy atom. The van der Waals surface area contributed by atoms with Gasteiger partial charge in [-0.05, 0) is 55.7 Å². The van der Waals surface area contributed by atoms with E-state index in [0.29, 0.717) is 42.0 Å². The summed E-state index contributed by atoms with van der Waals surface area (Å²) in [5.74, 6) is -0.288. The van der Waals surface area contributed by atoms with E-state index in [4.69, 9.17) is 9.47 Å². The fourth-order valence-corrected chi connectivity index (χ4v) is 5.35. The van der Waals surface area contributed by atoms with Crippen molar-refractivity contribution in [3.8, 4) is 11.5 Å². The van der Waals surface area contributed by atoms with E-state index in [1.807, 2.05) is 0 Å². The maximum atomic E-state index is 13.6. The SMILES string of the molecule is COc1ccc(C(=O)[C@H]2CCCN(S(=O)(=O)c3cc(F)ccc3C)C2)cc1OC. The van der Waals surface area contributed by atoms with Gasteiger partial charge in [0, 0.05) is 24.6 Å². The van der Waals surface area contributed by atoms with E-state index in [9.17, 15) is 17.6 Å². The van der Waals surface area contributed by atoms with Gasteiger partial charge in [0.05, 0.1) is 19.1 Å². The number of rotatable bonds is 6. The van der Waals surface area contributed by atoms with E-state index >= 15 is 0 Å². The smallest absolute Gasteiger partial charge is 0.243 e. The van der Waals surface area contributed by atoms with Crippen LogP contribution in [0.2, 0.25) is 0 Å². The third kappa shape index (κ3) is 4.28. The first-order valence-corrected chi connectivity index (χ1v) is 10.7. The maximum absolute atomic E-state index is 13.6. The Bertz CT molecular complexity index is 1020. The van der Waals surface area contributed by atoms with Crippen molar-refractivity contribution in [3.63, 3.8) is 0 Å². The third-order valence-corrected chi connectivity index (χ3v) is 7.20. The fraction of sp³-hybridized carbons (Fsp3) is 0.381. The first-order valence-electron chi connectivity index (χ1n) is 9.30. The first-order chi connectivity index (χ1) is 13.8. The minimum atomic E-state index is -3.89. The third-order valence-electron chi connectivity index (χ3n) is 5.19. The summed E-state index contributed by atoms with van der Waals surface area (Å²) in [6.07, 6.45) is 1.14. The predicted octanol–water partition coefficient (Wildman–Crippen LogP) is 3.43. The number of halogens is 1. The molecular weight excluding hydrogens is 397 g/mol. The molecule has 1 aliphatic heterocycles. The van der Waals surface area contributed by atoms with E-state index in [2.05, 4.69) is 0 Å². The Hall–Kier alpha value is -2.45. The summed E-state index contributed by atoms with van der Waals surface area (Å²) < 4.78 is 51.5. The molecular formula is C21H24FNO5S. The second kappa shape index (κ2) is 8.51. The monoisotopic (exact) mass is 421 g/mol. The number of aryl methyl sites for hydroxylation is 1. The van der Waals surface area contributed by atoms with E-state index in [1.165, 1.54) is 30.7 Å². The highest BCUT2D eigenvalue weighted by Gasteiger charge is 2.34. The van der Waals surface area contributed by atoms with Crippen molar-refractivity contribution in [2.75, 3.05) is 27.3 Å². The van der Waals surface area contributed by atoms with Crippen molar-refractivity contribution in [2.24, 2.45) is 5.92 Å². The molecule has 8 heteroatoms. The Morgan fingerprint density at radius 1 is 1.10 bits per heavy atom. The Morgan fingerprint density at radius 3 is 2.52 bits per heavy atom. The van der Waals surface area contributed by atoms with Crippen LogP contribution in [0.5, 0.6) is 11.5 Å². The van der Waals surface area contributed by atoms with Crippen LogP contribution >= 0.6 is 0 Å². The van der Waals surface area contributed by atoms with Gasteiger partial charge in [-0.1, -0.05) is 6.07 Å². The number of methoxy groups -OCH3 is 2. The fourth-order valence-electron chi connectivity index (χ4n) is 3.59. The molecule has 0 saturated carbocycles. The van der Waals surface area contributed by atoms with E-state index in [1.54, 1.807) is 25.1 Å². The summed E-state index contributed by atoms with van der Waals surface area (Å²) in [6, 6.07) is 8.61. The highest BCUT2D eigenvalue weighted by Crippen LogP contribution is 2.31. The summed E-state index contributed by atoms with van der Waals surface area (Å²) in [7, 11) is -0.891. The molecule has 6 nitrogen and oxygen atoms in total. The van der Waals surface area contributed by atoms with Gasteiger partial charge in [-0.15, -0.1) is 0 Å². The number of hydrogen-bond acceptors (Lipinski definition) is 5. The molecule has 1 saturated heterocycles. The standard InChI is InChI=1S/C21H24FNO5S/c1-14-6-8-17(22)12-20(14)29(25,26)23-10-4-5-16(13-23)21(24)15-7-9-18(27-2)19(11-15)28-3/h6-9,11-12,16H,4-5,10,13H2,1-3H3/t16-/m0/s1. The Balaban J connectivity index is 1.85. The average molecular weight is 421 g/mol. The van der Waals surface area contributed by atoms with Crippen molar-refractivity contribution in [2.45, 2.75) is 24.7 Å². The first kappa shape index (κ1) is 21.3. The van der Waals surface area contributed by atoms with Gasteiger partial charge < -0.3 is 9.47 Å². The zero-order valence-electron chi connectivity index (χ0n) is 16.6. The summed E-state index contributed by atoms with van der Waals surface area (Å²) in [5.41, 5.74) is 0.911. The lowest BCUT2D eigenvalue weighted by atomic mass is 9.91. The number of carbonyl (C=O) groups is 1. The van der Waals surface area contributed by atoms with Crippen LogP contribution in [0.4, 0.5) is 4.39 Å². The molecule has 156 valence electrons. The molecule has 0 bridgehead atoms. The largest absolute Gasteiger partial charge is 0.493 e. The predicted molar refractivity (Wildman–Crippen MR) is 106 cm³/mol. The summed E-state index contributed by atoms with van der Waals surface area (Å²) >= 11 is 0. The van der Waals surface area contributed by atoms with Gasteiger partial charge in [0.15, 0.2) is 17.3 Å². The van der Waals surface area contributed by atoms with Crippen LogP contribution in [0.3, 0.4) is 0 Å². The molecule has 1 atom stereocenters. The van der Waals surface area contributed by atoms with Crippen molar-refractivity contribution >= 4 is 15.8 Å². The zero-order valence-corrected chi connectivity index (χ0v) is 17.5. The lowest BCUT2D eigenvalue weighted by molar-refractivity contribution is 0.0872. The number of sulfonamides is 1. The molecule has 0 aliphatic carbocycles. The van der Waals surface area contributed by atoms with Crippen LogP contribution in [0.15, 0.2) is 41.3 Å².